The molecule has 28 heavy (non-hydrogen) atoms. The lowest BCUT2D eigenvalue weighted by molar-refractivity contribution is -0.133. The van der Waals surface area contributed by atoms with E-state index in [0.29, 0.717) is 26.2 Å². The molecule has 2 rings (SSSR count). The van der Waals surface area contributed by atoms with Gasteiger partial charge < -0.3 is 9.64 Å². The molecule has 154 valence electrons. The molecule has 0 unspecified atom stereocenters. The van der Waals surface area contributed by atoms with Gasteiger partial charge in [0.2, 0.25) is 10.0 Å². The van der Waals surface area contributed by atoms with Gasteiger partial charge in [0.05, 0.1) is 10.5 Å². The van der Waals surface area contributed by atoms with Crippen molar-refractivity contribution in [1.29, 1.82) is 0 Å². The molecule has 1 aromatic carbocycles. The predicted molar refractivity (Wildman–Crippen MR) is 106 cm³/mol. The maximum Gasteiger partial charge on any atom is 0.338 e. The minimum atomic E-state index is -3.64. The second-order valence-electron chi connectivity index (χ2n) is 6.93. The molecule has 1 saturated heterocycles. The van der Waals surface area contributed by atoms with Crippen LogP contribution in [0.4, 0.5) is 0 Å². The van der Waals surface area contributed by atoms with Gasteiger partial charge >= 0.3 is 5.97 Å². The third-order valence-corrected chi connectivity index (χ3v) is 6.44. The zero-order valence-corrected chi connectivity index (χ0v) is 17.3. The maximum atomic E-state index is 12.8. The number of nitrogens with zero attached hydrogens (tertiary/aromatic N) is 2. The van der Waals surface area contributed by atoms with Gasteiger partial charge in [-0.3, -0.25) is 4.79 Å². The number of esters is 1. The molecule has 7 nitrogen and oxygen atoms in total. The Kier molecular flexibility index (Phi) is 7.77. The third kappa shape index (κ3) is 5.65. The van der Waals surface area contributed by atoms with Gasteiger partial charge in [-0.2, -0.15) is 4.31 Å². The second kappa shape index (κ2) is 9.84. The van der Waals surface area contributed by atoms with Crippen molar-refractivity contribution in [3.05, 3.63) is 42.0 Å². The molecule has 0 N–H and O–H groups in total. The third-order valence-electron chi connectivity index (χ3n) is 4.54. The van der Waals surface area contributed by atoms with Crippen molar-refractivity contribution in [3.63, 3.8) is 0 Å². The Morgan fingerprint density at radius 3 is 2.50 bits per heavy atom. The standard InChI is InChI=1S/C20H28N2O5S/c1-4-21(14-16(2)3)19(23)15-27-20(24)17-9-8-10-18(13-17)28(25,26)22-11-6-5-7-12-22/h8-10,13H,2,4-7,11-12,14-15H2,1,3H3. The topological polar surface area (TPSA) is 84.0 Å². The Labute approximate surface area is 167 Å². The van der Waals surface area contributed by atoms with E-state index in [2.05, 4.69) is 6.58 Å². The minimum absolute atomic E-state index is 0.0626. The van der Waals surface area contributed by atoms with E-state index >= 15 is 0 Å². The van der Waals surface area contributed by atoms with Crippen molar-refractivity contribution >= 4 is 21.9 Å². The normalized spacial score (nSPS) is 15.1. The molecule has 8 heteroatoms. The summed E-state index contributed by atoms with van der Waals surface area (Å²) in [6.07, 6.45) is 2.69. The summed E-state index contributed by atoms with van der Waals surface area (Å²) >= 11 is 0. The molecular formula is C20H28N2O5S. The number of hydrogen-bond donors (Lipinski definition) is 0. The first kappa shape index (κ1) is 22.1. The molecule has 0 radical (unpaired) electrons. The van der Waals surface area contributed by atoms with Crippen LogP contribution in [0.25, 0.3) is 0 Å². The fourth-order valence-electron chi connectivity index (χ4n) is 3.04. The molecule has 1 aromatic rings. The van der Waals surface area contributed by atoms with Crippen LogP contribution in [0.1, 0.15) is 43.5 Å². The summed E-state index contributed by atoms with van der Waals surface area (Å²) in [6, 6.07) is 5.77. The number of carbonyl (C=O) groups excluding carboxylic acids is 2. The van der Waals surface area contributed by atoms with Crippen LogP contribution >= 0.6 is 0 Å². The van der Waals surface area contributed by atoms with Gasteiger partial charge in [-0.25, -0.2) is 13.2 Å². The van der Waals surface area contributed by atoms with Crippen LogP contribution < -0.4 is 0 Å². The first-order valence-electron chi connectivity index (χ1n) is 9.45. The van der Waals surface area contributed by atoms with E-state index in [4.69, 9.17) is 4.74 Å². The van der Waals surface area contributed by atoms with Gasteiger partial charge in [0, 0.05) is 26.2 Å². The number of sulfonamides is 1. The summed E-state index contributed by atoms with van der Waals surface area (Å²) in [5.74, 6) is -1.05. The molecule has 0 spiro atoms. The van der Waals surface area contributed by atoms with Crippen LogP contribution in [0.15, 0.2) is 41.3 Å². The highest BCUT2D eigenvalue weighted by molar-refractivity contribution is 7.89. The van der Waals surface area contributed by atoms with Crippen molar-refractivity contribution in [2.45, 2.75) is 38.0 Å². The number of likely N-dealkylation sites (N-methyl/N-ethyl adjacent to an activating group) is 1. The highest BCUT2D eigenvalue weighted by Crippen LogP contribution is 2.21. The van der Waals surface area contributed by atoms with Gasteiger partial charge in [-0.1, -0.05) is 24.6 Å². The SMILES string of the molecule is C=C(C)CN(CC)C(=O)COC(=O)c1cccc(S(=O)(=O)N2CCCCC2)c1. The van der Waals surface area contributed by atoms with Gasteiger partial charge in [0.1, 0.15) is 0 Å². The average Bonchev–Trinajstić information content (AvgIpc) is 2.70. The first-order chi connectivity index (χ1) is 13.3. The van der Waals surface area contributed by atoms with E-state index in [1.54, 1.807) is 0 Å². The molecule has 1 heterocycles. The highest BCUT2D eigenvalue weighted by Gasteiger charge is 2.26. The molecule has 1 amide bonds. The number of piperidine rings is 1. The van der Waals surface area contributed by atoms with Crippen molar-refractivity contribution in [2.24, 2.45) is 0 Å². The Morgan fingerprint density at radius 1 is 1.21 bits per heavy atom. The van der Waals surface area contributed by atoms with Crippen molar-refractivity contribution in [1.82, 2.24) is 9.21 Å². The summed E-state index contributed by atoms with van der Waals surface area (Å²) in [5.41, 5.74) is 0.936. The molecular weight excluding hydrogens is 380 g/mol. The van der Waals surface area contributed by atoms with Gasteiger partial charge in [-0.05, 0) is 44.9 Å². The van der Waals surface area contributed by atoms with Crippen molar-refractivity contribution in [3.8, 4) is 0 Å². The first-order valence-corrected chi connectivity index (χ1v) is 10.9. The monoisotopic (exact) mass is 408 g/mol. The van der Waals surface area contributed by atoms with Crippen molar-refractivity contribution in [2.75, 3.05) is 32.8 Å². The Hall–Kier alpha value is -2.19. The average molecular weight is 409 g/mol. The van der Waals surface area contributed by atoms with Gasteiger partial charge in [0.15, 0.2) is 6.61 Å². The number of rotatable bonds is 8. The lowest BCUT2D eigenvalue weighted by atomic mass is 10.2. The summed E-state index contributed by atoms with van der Waals surface area (Å²) in [7, 11) is -3.64. The fourth-order valence-corrected chi connectivity index (χ4v) is 4.61. The zero-order chi connectivity index (χ0) is 20.7. The highest BCUT2D eigenvalue weighted by atomic mass is 32.2. The van der Waals surface area contributed by atoms with Crippen LogP contribution in [0.5, 0.6) is 0 Å². The van der Waals surface area contributed by atoms with E-state index in [1.165, 1.54) is 33.5 Å². The van der Waals surface area contributed by atoms with Gasteiger partial charge in [-0.15, -0.1) is 0 Å². The molecule has 0 saturated carbocycles. The Bertz CT molecular complexity index is 829. The lowest BCUT2D eigenvalue weighted by Gasteiger charge is -2.26. The fraction of sp³-hybridized carbons (Fsp3) is 0.500. The minimum Gasteiger partial charge on any atom is -0.452 e. The summed E-state index contributed by atoms with van der Waals surface area (Å²) < 4.78 is 32.1. The van der Waals surface area contributed by atoms with Crippen LogP contribution in [-0.2, 0) is 19.6 Å². The van der Waals surface area contributed by atoms with Crippen LogP contribution in [0, 0.1) is 0 Å². The molecule has 0 atom stereocenters. The van der Waals surface area contributed by atoms with E-state index in [9.17, 15) is 18.0 Å². The van der Waals surface area contributed by atoms with E-state index in [0.717, 1.165) is 24.8 Å². The number of benzene rings is 1. The molecule has 0 aromatic heterocycles. The number of amides is 1. The van der Waals surface area contributed by atoms with Crippen LogP contribution in [-0.4, -0.2) is 62.3 Å². The summed E-state index contributed by atoms with van der Waals surface area (Å²) in [4.78, 5) is 26.1. The summed E-state index contributed by atoms with van der Waals surface area (Å²) in [6.45, 7) is 8.88. The van der Waals surface area contributed by atoms with Crippen LogP contribution in [0.2, 0.25) is 0 Å². The predicted octanol–water partition coefficient (Wildman–Crippen LogP) is 2.44. The van der Waals surface area contributed by atoms with E-state index in [1.807, 2.05) is 13.8 Å². The lowest BCUT2D eigenvalue weighted by Crippen LogP contribution is -2.36. The quantitative estimate of drug-likeness (QED) is 0.487. The largest absolute Gasteiger partial charge is 0.452 e. The summed E-state index contributed by atoms with van der Waals surface area (Å²) in [5, 5.41) is 0. The Morgan fingerprint density at radius 2 is 1.89 bits per heavy atom. The van der Waals surface area contributed by atoms with Crippen molar-refractivity contribution < 1.29 is 22.7 Å². The smallest absolute Gasteiger partial charge is 0.338 e. The second-order valence-corrected chi connectivity index (χ2v) is 8.87. The van der Waals surface area contributed by atoms with Crippen LogP contribution in [0.3, 0.4) is 0 Å². The molecule has 1 aliphatic rings. The van der Waals surface area contributed by atoms with E-state index < -0.39 is 22.6 Å². The number of ether oxygens (including phenoxy) is 1. The van der Waals surface area contributed by atoms with E-state index in [-0.39, 0.29) is 16.4 Å². The zero-order valence-electron chi connectivity index (χ0n) is 16.5. The molecule has 1 fully saturated rings. The molecule has 0 bridgehead atoms. The number of hydrogen-bond acceptors (Lipinski definition) is 5. The maximum absolute atomic E-state index is 12.8. The molecule has 0 aliphatic carbocycles. The molecule has 1 aliphatic heterocycles. The Balaban J connectivity index is 2.05. The number of carbonyl (C=O) groups is 2. The van der Waals surface area contributed by atoms with Gasteiger partial charge in [0.25, 0.3) is 5.91 Å².